The van der Waals surface area contributed by atoms with Crippen LogP contribution in [0.2, 0.25) is 5.02 Å². The Labute approximate surface area is 122 Å². The number of anilines is 2. The summed E-state index contributed by atoms with van der Waals surface area (Å²) in [6.45, 7) is 3.85. The SMILES string of the molecule is Cc1cccc(C)c1NC(=O)c1nc(NN)ccc1Cl. The smallest absolute Gasteiger partial charge is 0.275 e. The van der Waals surface area contributed by atoms with Gasteiger partial charge in [0.1, 0.15) is 11.5 Å². The third kappa shape index (κ3) is 2.89. The number of nitrogen functional groups attached to an aromatic ring is 1. The number of para-hydroxylation sites is 1. The molecule has 0 aliphatic rings. The summed E-state index contributed by atoms with van der Waals surface area (Å²) in [5, 5.41) is 3.10. The first-order valence-corrected chi connectivity index (χ1v) is 6.41. The number of carbonyl (C=O) groups is 1. The van der Waals surface area contributed by atoms with E-state index in [4.69, 9.17) is 17.4 Å². The van der Waals surface area contributed by atoms with Gasteiger partial charge in [-0.15, -0.1) is 0 Å². The number of rotatable bonds is 3. The standard InChI is InChI=1S/C14H15ClN4O/c1-8-4-3-5-9(2)12(8)18-14(20)13-10(15)6-7-11(17-13)19-16/h3-7H,16H2,1-2H3,(H,17,19)(H,18,20). The van der Waals surface area contributed by atoms with Gasteiger partial charge in [0.05, 0.1) is 5.02 Å². The van der Waals surface area contributed by atoms with E-state index in [1.165, 1.54) is 0 Å². The van der Waals surface area contributed by atoms with Gasteiger partial charge in [0, 0.05) is 5.69 Å². The minimum absolute atomic E-state index is 0.129. The molecule has 104 valence electrons. The number of hydrogen-bond donors (Lipinski definition) is 3. The molecule has 1 heterocycles. The summed E-state index contributed by atoms with van der Waals surface area (Å²) in [6, 6.07) is 8.96. The van der Waals surface area contributed by atoms with Crippen molar-refractivity contribution in [3.63, 3.8) is 0 Å². The van der Waals surface area contributed by atoms with Crippen LogP contribution in [0.1, 0.15) is 21.6 Å². The number of aromatic nitrogens is 1. The molecule has 0 bridgehead atoms. The van der Waals surface area contributed by atoms with Crippen molar-refractivity contribution < 1.29 is 4.79 Å². The van der Waals surface area contributed by atoms with Crippen molar-refractivity contribution in [2.75, 3.05) is 10.7 Å². The van der Waals surface area contributed by atoms with E-state index in [2.05, 4.69) is 15.7 Å². The molecule has 0 aliphatic heterocycles. The van der Waals surface area contributed by atoms with Gasteiger partial charge in [0.2, 0.25) is 0 Å². The summed E-state index contributed by atoms with van der Waals surface area (Å²) in [7, 11) is 0. The molecule has 1 aromatic carbocycles. The average Bonchev–Trinajstić information content (AvgIpc) is 2.43. The van der Waals surface area contributed by atoms with Crippen molar-refractivity contribution in [2.24, 2.45) is 5.84 Å². The monoisotopic (exact) mass is 290 g/mol. The lowest BCUT2D eigenvalue weighted by atomic mass is 10.1. The Hall–Kier alpha value is -2.11. The molecule has 2 aromatic rings. The zero-order valence-corrected chi connectivity index (χ0v) is 12.0. The summed E-state index contributed by atoms with van der Waals surface area (Å²) in [5.41, 5.74) is 5.23. The van der Waals surface area contributed by atoms with Gasteiger partial charge in [-0.05, 0) is 37.1 Å². The number of nitrogens with zero attached hydrogens (tertiary/aromatic N) is 1. The summed E-state index contributed by atoms with van der Waals surface area (Å²) in [6.07, 6.45) is 0. The highest BCUT2D eigenvalue weighted by Gasteiger charge is 2.15. The van der Waals surface area contributed by atoms with Gasteiger partial charge in [-0.2, -0.15) is 0 Å². The fourth-order valence-electron chi connectivity index (χ4n) is 1.87. The van der Waals surface area contributed by atoms with E-state index in [0.29, 0.717) is 5.82 Å². The first kappa shape index (κ1) is 14.3. The van der Waals surface area contributed by atoms with E-state index in [9.17, 15) is 4.79 Å². The summed E-state index contributed by atoms with van der Waals surface area (Å²) in [4.78, 5) is 16.3. The van der Waals surface area contributed by atoms with Gasteiger partial charge in [-0.25, -0.2) is 10.8 Å². The van der Waals surface area contributed by atoms with Crippen molar-refractivity contribution in [1.29, 1.82) is 0 Å². The van der Waals surface area contributed by atoms with Crippen LogP contribution in [0.15, 0.2) is 30.3 Å². The molecule has 0 radical (unpaired) electrons. The second kappa shape index (κ2) is 5.90. The Morgan fingerprint density at radius 1 is 1.20 bits per heavy atom. The van der Waals surface area contributed by atoms with Crippen LogP contribution in [-0.4, -0.2) is 10.9 Å². The predicted molar refractivity (Wildman–Crippen MR) is 80.9 cm³/mol. The minimum Gasteiger partial charge on any atom is -0.320 e. The van der Waals surface area contributed by atoms with Crippen LogP contribution in [-0.2, 0) is 0 Å². The van der Waals surface area contributed by atoms with E-state index in [0.717, 1.165) is 16.8 Å². The molecule has 0 saturated carbocycles. The Morgan fingerprint density at radius 2 is 1.85 bits per heavy atom. The number of carbonyl (C=O) groups excluding carboxylic acids is 1. The highest BCUT2D eigenvalue weighted by atomic mass is 35.5. The quantitative estimate of drug-likeness (QED) is 0.600. The molecule has 1 aromatic heterocycles. The molecule has 0 aliphatic carbocycles. The maximum atomic E-state index is 12.3. The number of nitrogens with two attached hydrogens (primary N) is 1. The lowest BCUT2D eigenvalue weighted by molar-refractivity contribution is 0.102. The third-order valence-electron chi connectivity index (χ3n) is 2.93. The Balaban J connectivity index is 2.33. The van der Waals surface area contributed by atoms with Crippen LogP contribution >= 0.6 is 11.6 Å². The molecule has 2 rings (SSSR count). The number of amides is 1. The van der Waals surface area contributed by atoms with Crippen LogP contribution in [0, 0.1) is 13.8 Å². The summed E-state index contributed by atoms with van der Waals surface area (Å²) < 4.78 is 0. The number of halogens is 1. The summed E-state index contributed by atoms with van der Waals surface area (Å²) >= 11 is 6.00. The fourth-order valence-corrected chi connectivity index (χ4v) is 2.06. The second-order valence-corrected chi connectivity index (χ2v) is 4.80. The van der Waals surface area contributed by atoms with Crippen molar-refractivity contribution in [3.8, 4) is 0 Å². The second-order valence-electron chi connectivity index (χ2n) is 4.39. The molecule has 0 spiro atoms. The van der Waals surface area contributed by atoms with Gasteiger partial charge < -0.3 is 10.7 Å². The van der Waals surface area contributed by atoms with Crippen molar-refractivity contribution in [2.45, 2.75) is 13.8 Å². The minimum atomic E-state index is -0.371. The predicted octanol–water partition coefficient (Wildman–Crippen LogP) is 2.89. The number of hydrogen-bond acceptors (Lipinski definition) is 4. The van der Waals surface area contributed by atoms with E-state index >= 15 is 0 Å². The molecular weight excluding hydrogens is 276 g/mol. The zero-order chi connectivity index (χ0) is 14.7. The van der Waals surface area contributed by atoms with Gasteiger partial charge >= 0.3 is 0 Å². The lowest BCUT2D eigenvalue weighted by Crippen LogP contribution is -2.17. The Kier molecular flexibility index (Phi) is 4.22. The fraction of sp³-hybridized carbons (Fsp3) is 0.143. The molecule has 0 fully saturated rings. The topological polar surface area (TPSA) is 80.0 Å². The zero-order valence-electron chi connectivity index (χ0n) is 11.2. The molecule has 0 unspecified atom stereocenters. The molecule has 1 amide bonds. The first-order chi connectivity index (χ1) is 9.52. The number of pyridine rings is 1. The van der Waals surface area contributed by atoms with E-state index in [-0.39, 0.29) is 16.6 Å². The van der Waals surface area contributed by atoms with E-state index < -0.39 is 0 Å². The normalized spacial score (nSPS) is 10.2. The van der Waals surface area contributed by atoms with Crippen LogP contribution in [0.3, 0.4) is 0 Å². The Morgan fingerprint density at radius 3 is 2.45 bits per heavy atom. The molecular formula is C14H15ClN4O. The molecule has 0 atom stereocenters. The van der Waals surface area contributed by atoms with Crippen molar-refractivity contribution >= 4 is 29.0 Å². The number of hydrazine groups is 1. The maximum Gasteiger partial charge on any atom is 0.275 e. The summed E-state index contributed by atoms with van der Waals surface area (Å²) in [5.74, 6) is 5.29. The van der Waals surface area contributed by atoms with Gasteiger partial charge in [0.25, 0.3) is 5.91 Å². The Bertz CT molecular complexity index is 637. The number of benzene rings is 1. The number of nitrogens with one attached hydrogen (secondary N) is 2. The molecule has 5 nitrogen and oxygen atoms in total. The van der Waals surface area contributed by atoms with Gasteiger partial charge in [-0.1, -0.05) is 29.8 Å². The van der Waals surface area contributed by atoms with Crippen LogP contribution < -0.4 is 16.6 Å². The average molecular weight is 291 g/mol. The van der Waals surface area contributed by atoms with Crippen molar-refractivity contribution in [3.05, 3.63) is 52.2 Å². The van der Waals surface area contributed by atoms with Crippen molar-refractivity contribution in [1.82, 2.24) is 4.98 Å². The van der Waals surface area contributed by atoms with Gasteiger partial charge in [-0.3, -0.25) is 4.79 Å². The van der Waals surface area contributed by atoms with Crippen LogP contribution in [0.5, 0.6) is 0 Å². The van der Waals surface area contributed by atoms with Crippen LogP contribution in [0.25, 0.3) is 0 Å². The van der Waals surface area contributed by atoms with Gasteiger partial charge in [0.15, 0.2) is 0 Å². The molecule has 4 N–H and O–H groups in total. The molecule has 20 heavy (non-hydrogen) atoms. The molecule has 0 saturated heterocycles. The highest BCUT2D eigenvalue weighted by Crippen LogP contribution is 2.22. The van der Waals surface area contributed by atoms with Crippen LogP contribution in [0.4, 0.5) is 11.5 Å². The van der Waals surface area contributed by atoms with E-state index in [1.54, 1.807) is 12.1 Å². The first-order valence-electron chi connectivity index (χ1n) is 6.03. The highest BCUT2D eigenvalue weighted by molar-refractivity contribution is 6.34. The largest absolute Gasteiger partial charge is 0.320 e. The molecule has 6 heteroatoms. The third-order valence-corrected chi connectivity index (χ3v) is 3.23. The maximum absolute atomic E-state index is 12.3. The van der Waals surface area contributed by atoms with E-state index in [1.807, 2.05) is 32.0 Å². The number of aryl methyl sites for hydroxylation is 2. The lowest BCUT2D eigenvalue weighted by Gasteiger charge is -2.12.